The molecule has 0 aromatic carbocycles. The van der Waals surface area contributed by atoms with Gasteiger partial charge in [0.05, 0.1) is 20.3 Å². The van der Waals surface area contributed by atoms with Gasteiger partial charge in [-0.2, -0.15) is 0 Å². The molecule has 1 aromatic rings. The fourth-order valence-electron chi connectivity index (χ4n) is 1.95. The molecule has 0 bridgehead atoms. The van der Waals surface area contributed by atoms with Crippen molar-refractivity contribution >= 4 is 5.97 Å². The van der Waals surface area contributed by atoms with Crippen LogP contribution >= 0.6 is 0 Å². The molecule has 1 saturated heterocycles. The summed E-state index contributed by atoms with van der Waals surface area (Å²) in [6, 6.07) is 3.97. The van der Waals surface area contributed by atoms with Crippen LogP contribution in [-0.2, 0) is 19.7 Å². The Hall–Kier alpha value is -1.42. The highest BCUT2D eigenvalue weighted by atomic mass is 16.5. The van der Waals surface area contributed by atoms with E-state index < -0.39 is 0 Å². The molecular weight excluding hydrogens is 206 g/mol. The summed E-state index contributed by atoms with van der Waals surface area (Å²) >= 11 is 0. The lowest BCUT2D eigenvalue weighted by Gasteiger charge is -2.41. The lowest BCUT2D eigenvalue weighted by Crippen LogP contribution is -2.47. The van der Waals surface area contributed by atoms with Crippen molar-refractivity contribution in [3.05, 3.63) is 30.1 Å². The van der Waals surface area contributed by atoms with Gasteiger partial charge in [-0.3, -0.25) is 9.78 Å². The smallest absolute Gasteiger partial charge is 0.305 e. The molecule has 0 amide bonds. The number of ether oxygens (including phenoxy) is 2. The number of carbonyl (C=O) groups excluding carboxylic acids is 1. The summed E-state index contributed by atoms with van der Waals surface area (Å²) in [5, 5.41) is 0. The molecule has 1 fully saturated rings. The van der Waals surface area contributed by atoms with Crippen LogP contribution in [0, 0.1) is 0 Å². The number of nitrogens with zero attached hydrogens (tertiary/aromatic N) is 1. The minimum absolute atomic E-state index is 0.0167. The number of hydrogen-bond donors (Lipinski definition) is 0. The van der Waals surface area contributed by atoms with Crippen molar-refractivity contribution in [1.82, 2.24) is 4.98 Å². The first-order valence-corrected chi connectivity index (χ1v) is 5.32. The fourth-order valence-corrected chi connectivity index (χ4v) is 1.95. The number of carbonyl (C=O) groups is 1. The van der Waals surface area contributed by atoms with Crippen molar-refractivity contribution in [2.24, 2.45) is 0 Å². The summed E-state index contributed by atoms with van der Waals surface area (Å²) in [6.07, 6.45) is 4.74. The monoisotopic (exact) mass is 221 g/mol. The van der Waals surface area contributed by atoms with E-state index in [1.54, 1.807) is 12.4 Å². The summed E-state index contributed by atoms with van der Waals surface area (Å²) in [6.45, 7) is 1.35. The van der Waals surface area contributed by atoms with Gasteiger partial charge in [0.25, 0.3) is 0 Å². The molecule has 0 atom stereocenters. The van der Waals surface area contributed by atoms with Gasteiger partial charge in [-0.05, 0) is 24.1 Å². The Kier molecular flexibility index (Phi) is 3.19. The van der Waals surface area contributed by atoms with Crippen LogP contribution in [0.4, 0.5) is 0 Å². The maximum atomic E-state index is 11.2. The van der Waals surface area contributed by atoms with Gasteiger partial charge in [0, 0.05) is 24.2 Å². The number of hydrogen-bond acceptors (Lipinski definition) is 4. The molecule has 86 valence electrons. The zero-order valence-electron chi connectivity index (χ0n) is 9.31. The normalized spacial score (nSPS) is 17.6. The van der Waals surface area contributed by atoms with Crippen molar-refractivity contribution in [1.29, 1.82) is 0 Å². The average Bonchev–Trinajstić information content (AvgIpc) is 2.29. The quantitative estimate of drug-likeness (QED) is 0.719. The van der Waals surface area contributed by atoms with Crippen LogP contribution < -0.4 is 0 Å². The van der Waals surface area contributed by atoms with Crippen LogP contribution in [0.1, 0.15) is 18.4 Å². The van der Waals surface area contributed by atoms with Crippen LogP contribution in [0.25, 0.3) is 0 Å². The highest BCUT2D eigenvalue weighted by molar-refractivity contribution is 5.69. The van der Waals surface area contributed by atoms with Gasteiger partial charge in [0.1, 0.15) is 0 Å². The first kappa shape index (κ1) is 11.1. The zero-order chi connectivity index (χ0) is 11.4. The standard InChI is InChI=1S/C12H15NO3/c1-15-11(14)2-5-12(8-16-9-12)10-3-6-13-7-4-10/h3-4,6-7H,2,5,8-9H2,1H3. The van der Waals surface area contributed by atoms with E-state index in [0.29, 0.717) is 19.6 Å². The molecule has 1 aliphatic heterocycles. The highest BCUT2D eigenvalue weighted by Crippen LogP contribution is 2.36. The zero-order valence-corrected chi connectivity index (χ0v) is 9.31. The van der Waals surface area contributed by atoms with E-state index in [2.05, 4.69) is 9.72 Å². The predicted molar refractivity (Wildman–Crippen MR) is 58.0 cm³/mol. The third-order valence-corrected chi connectivity index (χ3v) is 3.08. The van der Waals surface area contributed by atoms with Crippen molar-refractivity contribution in [3.8, 4) is 0 Å². The van der Waals surface area contributed by atoms with Crippen LogP contribution in [0.3, 0.4) is 0 Å². The largest absolute Gasteiger partial charge is 0.469 e. The summed E-state index contributed by atoms with van der Waals surface area (Å²) in [7, 11) is 1.42. The molecule has 4 nitrogen and oxygen atoms in total. The van der Waals surface area contributed by atoms with Crippen LogP contribution in [0.15, 0.2) is 24.5 Å². The van der Waals surface area contributed by atoms with Gasteiger partial charge in [0.15, 0.2) is 0 Å². The number of pyridine rings is 1. The molecule has 1 aromatic heterocycles. The average molecular weight is 221 g/mol. The Balaban J connectivity index is 2.06. The third kappa shape index (κ3) is 2.07. The van der Waals surface area contributed by atoms with E-state index in [-0.39, 0.29) is 11.4 Å². The topological polar surface area (TPSA) is 48.4 Å². The summed E-state index contributed by atoms with van der Waals surface area (Å²) in [5.74, 6) is -0.166. The first-order valence-electron chi connectivity index (χ1n) is 5.32. The number of rotatable bonds is 4. The maximum absolute atomic E-state index is 11.2. The van der Waals surface area contributed by atoms with E-state index in [1.165, 1.54) is 12.7 Å². The van der Waals surface area contributed by atoms with E-state index in [4.69, 9.17) is 4.74 Å². The molecular formula is C12H15NO3. The van der Waals surface area contributed by atoms with Gasteiger partial charge >= 0.3 is 5.97 Å². The molecule has 0 radical (unpaired) electrons. The highest BCUT2D eigenvalue weighted by Gasteiger charge is 2.40. The Morgan fingerprint density at radius 3 is 2.69 bits per heavy atom. The molecule has 0 N–H and O–H groups in total. The Bertz CT molecular complexity index is 360. The number of aromatic nitrogens is 1. The Morgan fingerprint density at radius 2 is 2.19 bits per heavy atom. The minimum Gasteiger partial charge on any atom is -0.469 e. The van der Waals surface area contributed by atoms with E-state index in [9.17, 15) is 4.79 Å². The molecule has 0 unspecified atom stereocenters. The second kappa shape index (κ2) is 4.61. The van der Waals surface area contributed by atoms with Gasteiger partial charge in [-0.1, -0.05) is 0 Å². The van der Waals surface area contributed by atoms with Gasteiger partial charge in [-0.15, -0.1) is 0 Å². The number of esters is 1. The maximum Gasteiger partial charge on any atom is 0.305 e. The molecule has 1 aliphatic rings. The fraction of sp³-hybridized carbons (Fsp3) is 0.500. The summed E-state index contributed by atoms with van der Waals surface area (Å²) in [5.41, 5.74) is 1.18. The van der Waals surface area contributed by atoms with Gasteiger partial charge in [-0.25, -0.2) is 0 Å². The molecule has 4 heteroatoms. The first-order chi connectivity index (χ1) is 7.77. The molecule has 2 heterocycles. The molecule has 0 saturated carbocycles. The SMILES string of the molecule is COC(=O)CCC1(c2ccncc2)COC1. The van der Waals surface area contributed by atoms with Gasteiger partial charge < -0.3 is 9.47 Å². The van der Waals surface area contributed by atoms with Gasteiger partial charge in [0.2, 0.25) is 0 Å². The van der Waals surface area contributed by atoms with Crippen molar-refractivity contribution in [2.75, 3.05) is 20.3 Å². The number of methoxy groups -OCH3 is 1. The lowest BCUT2D eigenvalue weighted by atomic mass is 9.75. The van der Waals surface area contributed by atoms with Crippen LogP contribution in [0.2, 0.25) is 0 Å². The summed E-state index contributed by atoms with van der Waals surface area (Å²) < 4.78 is 9.94. The van der Waals surface area contributed by atoms with E-state index in [0.717, 1.165) is 6.42 Å². The predicted octanol–water partition coefficient (Wildman–Crippen LogP) is 1.30. The van der Waals surface area contributed by atoms with E-state index in [1.807, 2.05) is 12.1 Å². The second-order valence-electron chi connectivity index (χ2n) is 4.09. The molecule has 0 aliphatic carbocycles. The van der Waals surface area contributed by atoms with Crippen LogP contribution in [-0.4, -0.2) is 31.3 Å². The van der Waals surface area contributed by atoms with Crippen molar-refractivity contribution in [3.63, 3.8) is 0 Å². The Labute approximate surface area is 94.6 Å². The molecule has 16 heavy (non-hydrogen) atoms. The van der Waals surface area contributed by atoms with Crippen LogP contribution in [0.5, 0.6) is 0 Å². The van der Waals surface area contributed by atoms with Crippen molar-refractivity contribution < 1.29 is 14.3 Å². The third-order valence-electron chi connectivity index (χ3n) is 3.08. The summed E-state index contributed by atoms with van der Waals surface area (Å²) in [4.78, 5) is 15.2. The van der Waals surface area contributed by atoms with E-state index >= 15 is 0 Å². The molecule has 2 rings (SSSR count). The lowest BCUT2D eigenvalue weighted by molar-refractivity contribution is -0.142. The molecule has 0 spiro atoms. The van der Waals surface area contributed by atoms with Crippen molar-refractivity contribution in [2.45, 2.75) is 18.3 Å². The Morgan fingerprint density at radius 1 is 1.50 bits per heavy atom. The second-order valence-corrected chi connectivity index (χ2v) is 4.09. The minimum atomic E-state index is -0.166.